The molecule has 0 radical (unpaired) electrons. The van der Waals surface area contributed by atoms with Gasteiger partial charge in [0.05, 0.1) is 18.6 Å². The quantitative estimate of drug-likeness (QED) is 0.900. The van der Waals surface area contributed by atoms with Crippen LogP contribution >= 0.6 is 0 Å². The van der Waals surface area contributed by atoms with Crippen LogP contribution in [-0.4, -0.2) is 26.4 Å². The average Bonchev–Trinajstić information content (AvgIpc) is 2.94. The van der Waals surface area contributed by atoms with Crippen LogP contribution in [0.5, 0.6) is 0 Å². The van der Waals surface area contributed by atoms with Gasteiger partial charge in [0.15, 0.2) is 0 Å². The highest BCUT2D eigenvalue weighted by molar-refractivity contribution is 5.56. The van der Waals surface area contributed by atoms with Crippen molar-refractivity contribution in [2.24, 2.45) is 0 Å². The molecule has 24 heavy (non-hydrogen) atoms. The van der Waals surface area contributed by atoms with Gasteiger partial charge in [-0.25, -0.2) is 4.98 Å². The van der Waals surface area contributed by atoms with E-state index in [4.69, 9.17) is 0 Å². The van der Waals surface area contributed by atoms with Crippen LogP contribution in [-0.2, 0) is 13.0 Å². The minimum atomic E-state index is -4.20. The summed E-state index contributed by atoms with van der Waals surface area (Å²) >= 11 is 0. The van der Waals surface area contributed by atoms with E-state index in [1.807, 2.05) is 10.8 Å². The molecule has 1 N–H and O–H groups in total. The van der Waals surface area contributed by atoms with Gasteiger partial charge in [-0.2, -0.15) is 13.2 Å². The first-order chi connectivity index (χ1) is 11.3. The summed E-state index contributed by atoms with van der Waals surface area (Å²) in [6.45, 7) is 0.465. The first-order valence-electron chi connectivity index (χ1n) is 8.24. The Bertz CT molecular complexity index is 670. The molecule has 1 aliphatic carbocycles. The Balaban J connectivity index is 1.77. The third kappa shape index (κ3) is 4.17. The topological polar surface area (TPSA) is 38.0 Å². The smallest absolute Gasteiger partial charge is 0.388 e. The summed E-state index contributed by atoms with van der Waals surface area (Å²) < 4.78 is 39.2. The van der Waals surface area contributed by atoms with Gasteiger partial charge < -0.3 is 9.67 Å². The van der Waals surface area contributed by atoms with E-state index in [1.165, 1.54) is 12.1 Å². The summed E-state index contributed by atoms with van der Waals surface area (Å²) in [5.74, 6) is 0.674. The van der Waals surface area contributed by atoms with Crippen molar-refractivity contribution < 1.29 is 18.3 Å². The van der Waals surface area contributed by atoms with E-state index in [2.05, 4.69) is 4.98 Å². The second-order valence-electron chi connectivity index (χ2n) is 6.65. The van der Waals surface area contributed by atoms with Crippen molar-refractivity contribution in [3.8, 4) is 11.4 Å². The molecule has 1 fully saturated rings. The van der Waals surface area contributed by atoms with Gasteiger partial charge in [-0.1, -0.05) is 43.5 Å². The van der Waals surface area contributed by atoms with Crippen molar-refractivity contribution in [2.75, 3.05) is 0 Å². The number of rotatable bonds is 4. The summed E-state index contributed by atoms with van der Waals surface area (Å²) in [5.41, 5.74) is 0.268. The summed E-state index contributed by atoms with van der Waals surface area (Å²) in [4.78, 5) is 4.32. The number of hydrogen-bond donors (Lipinski definition) is 1. The van der Waals surface area contributed by atoms with E-state index in [0.717, 1.165) is 37.7 Å². The van der Waals surface area contributed by atoms with Crippen LogP contribution in [0.25, 0.3) is 11.4 Å². The third-order valence-electron chi connectivity index (χ3n) is 4.58. The lowest BCUT2D eigenvalue weighted by Gasteiger charge is -2.32. The van der Waals surface area contributed by atoms with Crippen molar-refractivity contribution in [3.63, 3.8) is 0 Å². The van der Waals surface area contributed by atoms with Gasteiger partial charge in [0.2, 0.25) is 0 Å². The molecule has 0 aliphatic heterocycles. The number of aromatic nitrogens is 2. The Labute approximate surface area is 139 Å². The number of nitrogens with zero attached hydrogens (tertiary/aromatic N) is 2. The predicted octanol–water partition coefficient (Wildman–Crippen LogP) is 4.35. The Morgan fingerprint density at radius 1 is 1.08 bits per heavy atom. The number of imidazole rings is 1. The molecular formula is C18H21F3N2O. The Kier molecular flexibility index (Phi) is 4.67. The molecule has 3 nitrogen and oxygen atoms in total. The van der Waals surface area contributed by atoms with Gasteiger partial charge in [-0.05, 0) is 18.4 Å². The van der Waals surface area contributed by atoms with Crippen molar-refractivity contribution in [1.29, 1.82) is 0 Å². The second kappa shape index (κ2) is 6.59. The highest BCUT2D eigenvalue weighted by atomic mass is 19.4. The fourth-order valence-corrected chi connectivity index (χ4v) is 3.39. The van der Waals surface area contributed by atoms with E-state index < -0.39 is 18.2 Å². The zero-order valence-electron chi connectivity index (χ0n) is 13.4. The molecule has 1 heterocycles. The Morgan fingerprint density at radius 2 is 1.75 bits per heavy atom. The van der Waals surface area contributed by atoms with E-state index in [-0.39, 0.29) is 5.56 Å². The lowest BCUT2D eigenvalue weighted by molar-refractivity contribution is -0.127. The van der Waals surface area contributed by atoms with Crippen LogP contribution in [0.3, 0.4) is 0 Å². The summed E-state index contributed by atoms with van der Waals surface area (Å²) in [5, 5.41) is 10.7. The molecular weight excluding hydrogens is 317 g/mol. The van der Waals surface area contributed by atoms with E-state index in [1.54, 1.807) is 18.3 Å². The molecule has 0 amide bonds. The van der Waals surface area contributed by atoms with E-state index >= 15 is 0 Å². The molecule has 130 valence electrons. The molecule has 0 atom stereocenters. The molecule has 0 spiro atoms. The zero-order valence-corrected chi connectivity index (χ0v) is 13.4. The molecule has 2 aromatic rings. The van der Waals surface area contributed by atoms with Crippen LogP contribution in [0.15, 0.2) is 36.7 Å². The largest absolute Gasteiger partial charge is 0.393 e. The third-order valence-corrected chi connectivity index (χ3v) is 4.58. The van der Waals surface area contributed by atoms with Crippen molar-refractivity contribution in [2.45, 2.75) is 56.8 Å². The van der Waals surface area contributed by atoms with Crippen molar-refractivity contribution >= 4 is 0 Å². The average molecular weight is 338 g/mol. The highest BCUT2D eigenvalue weighted by Crippen LogP contribution is 2.31. The van der Waals surface area contributed by atoms with Gasteiger partial charge >= 0.3 is 6.18 Å². The number of aliphatic hydroxyl groups is 1. The van der Waals surface area contributed by atoms with Crippen molar-refractivity contribution in [1.82, 2.24) is 9.55 Å². The Morgan fingerprint density at radius 3 is 2.38 bits per heavy atom. The fraction of sp³-hybridized carbons (Fsp3) is 0.500. The van der Waals surface area contributed by atoms with E-state index in [0.29, 0.717) is 12.4 Å². The number of halogens is 3. The molecule has 1 aromatic heterocycles. The molecule has 0 saturated heterocycles. The molecule has 1 aromatic carbocycles. The molecule has 1 aliphatic rings. The van der Waals surface area contributed by atoms with Crippen LogP contribution in [0, 0.1) is 0 Å². The van der Waals surface area contributed by atoms with Gasteiger partial charge in [0.25, 0.3) is 0 Å². The maximum atomic E-state index is 12.4. The maximum absolute atomic E-state index is 12.4. The van der Waals surface area contributed by atoms with Gasteiger partial charge in [0, 0.05) is 18.0 Å². The molecule has 3 rings (SSSR count). The molecule has 1 saturated carbocycles. The second-order valence-corrected chi connectivity index (χ2v) is 6.65. The minimum Gasteiger partial charge on any atom is -0.388 e. The molecule has 6 heteroatoms. The summed E-state index contributed by atoms with van der Waals surface area (Å²) in [6, 6.07) is 6.28. The van der Waals surface area contributed by atoms with Crippen LogP contribution in [0.4, 0.5) is 13.2 Å². The Hall–Kier alpha value is -1.82. The normalized spacial score (nSPS) is 17.8. The fourth-order valence-electron chi connectivity index (χ4n) is 3.39. The van der Waals surface area contributed by atoms with Gasteiger partial charge in [-0.15, -0.1) is 0 Å². The maximum Gasteiger partial charge on any atom is 0.393 e. The SMILES string of the molecule is OC1(Cn2ccnc2-c2ccc(CC(F)(F)F)cc2)CCCCC1. The van der Waals surface area contributed by atoms with Gasteiger partial charge in [0.1, 0.15) is 5.82 Å². The zero-order chi connectivity index (χ0) is 17.2. The van der Waals surface area contributed by atoms with Gasteiger partial charge in [-0.3, -0.25) is 0 Å². The van der Waals surface area contributed by atoms with Crippen LogP contribution in [0.2, 0.25) is 0 Å². The predicted molar refractivity (Wildman–Crippen MR) is 85.5 cm³/mol. The van der Waals surface area contributed by atoms with Crippen LogP contribution < -0.4 is 0 Å². The summed E-state index contributed by atoms with van der Waals surface area (Å²) in [6.07, 6.45) is 3.08. The standard InChI is InChI=1S/C18H21F3N2O/c19-18(20,21)12-14-4-6-15(7-5-14)16-22-10-11-23(16)13-17(24)8-2-1-3-9-17/h4-7,10-11,24H,1-3,8-9,12-13H2. The number of benzene rings is 1. The summed E-state index contributed by atoms with van der Waals surface area (Å²) in [7, 11) is 0. The van der Waals surface area contributed by atoms with Crippen LogP contribution in [0.1, 0.15) is 37.7 Å². The molecule has 0 unspecified atom stereocenters. The molecule has 0 bridgehead atoms. The number of alkyl halides is 3. The first-order valence-corrected chi connectivity index (χ1v) is 8.24. The first kappa shape index (κ1) is 17.0. The van der Waals surface area contributed by atoms with Crippen molar-refractivity contribution in [3.05, 3.63) is 42.2 Å². The lowest BCUT2D eigenvalue weighted by atomic mass is 9.85. The number of hydrogen-bond acceptors (Lipinski definition) is 2. The monoisotopic (exact) mass is 338 g/mol. The minimum absolute atomic E-state index is 0.232. The highest BCUT2D eigenvalue weighted by Gasteiger charge is 2.30. The lowest BCUT2D eigenvalue weighted by Crippen LogP contribution is -2.36. The van der Waals surface area contributed by atoms with E-state index in [9.17, 15) is 18.3 Å².